The van der Waals surface area contributed by atoms with Crippen molar-refractivity contribution in [1.29, 1.82) is 0 Å². The number of fused-ring (bicyclic) bond motifs is 1. The second-order valence-corrected chi connectivity index (χ2v) is 7.57. The molecule has 8 heteroatoms. The molecule has 4 aromatic rings. The minimum atomic E-state index is 0.674. The number of aromatic amines is 1. The predicted molar refractivity (Wildman–Crippen MR) is 118 cm³/mol. The fourth-order valence-electron chi connectivity index (χ4n) is 3.81. The zero-order chi connectivity index (χ0) is 20.3. The SMILES string of the molecule is Cc1cncnc1-c1ccc2nc(Nc3cc(CN4CCNCC4)ccn3)[nH]c2c1. The molecule has 1 aromatic carbocycles. The van der Waals surface area contributed by atoms with Crippen molar-refractivity contribution >= 4 is 22.8 Å². The van der Waals surface area contributed by atoms with E-state index >= 15 is 0 Å². The number of pyridine rings is 1. The number of imidazole rings is 1. The molecular weight excluding hydrogens is 376 g/mol. The van der Waals surface area contributed by atoms with E-state index in [1.807, 2.05) is 31.5 Å². The number of benzene rings is 1. The van der Waals surface area contributed by atoms with Gasteiger partial charge in [-0.3, -0.25) is 4.90 Å². The number of piperazine rings is 1. The fourth-order valence-corrected chi connectivity index (χ4v) is 3.81. The van der Waals surface area contributed by atoms with Crippen molar-refractivity contribution < 1.29 is 0 Å². The van der Waals surface area contributed by atoms with Crippen molar-refractivity contribution in [3.8, 4) is 11.3 Å². The van der Waals surface area contributed by atoms with Gasteiger partial charge in [0.05, 0.1) is 16.7 Å². The Bertz CT molecular complexity index is 1160. The molecule has 0 amide bonds. The summed E-state index contributed by atoms with van der Waals surface area (Å²) in [6.45, 7) is 7.18. The summed E-state index contributed by atoms with van der Waals surface area (Å²) >= 11 is 0. The molecule has 1 saturated heterocycles. The third-order valence-corrected chi connectivity index (χ3v) is 5.34. The van der Waals surface area contributed by atoms with Crippen molar-refractivity contribution in [2.75, 3.05) is 31.5 Å². The van der Waals surface area contributed by atoms with E-state index in [9.17, 15) is 0 Å². The standard InChI is InChI=1S/C22H24N8/c1-15-12-24-14-26-21(15)17-2-3-18-19(11-17)28-22(27-18)29-20-10-16(4-5-25-20)13-30-8-6-23-7-9-30/h2-5,10-12,14,23H,6-9,13H2,1H3,(H2,25,27,28,29). The largest absolute Gasteiger partial charge is 0.324 e. The van der Waals surface area contributed by atoms with Crippen molar-refractivity contribution in [1.82, 2.24) is 35.1 Å². The van der Waals surface area contributed by atoms with Crippen LogP contribution in [0.4, 0.5) is 11.8 Å². The Balaban J connectivity index is 1.35. The van der Waals surface area contributed by atoms with E-state index in [4.69, 9.17) is 0 Å². The molecule has 1 aliphatic heterocycles. The second-order valence-electron chi connectivity index (χ2n) is 7.57. The summed E-state index contributed by atoms with van der Waals surface area (Å²) in [6.07, 6.45) is 5.25. The lowest BCUT2D eigenvalue weighted by atomic mass is 10.1. The van der Waals surface area contributed by atoms with Crippen molar-refractivity contribution in [3.05, 3.63) is 60.2 Å². The van der Waals surface area contributed by atoms with Gasteiger partial charge in [-0.25, -0.2) is 19.9 Å². The topological polar surface area (TPSA) is 94.7 Å². The number of rotatable bonds is 5. The molecule has 30 heavy (non-hydrogen) atoms. The van der Waals surface area contributed by atoms with Gasteiger partial charge in [-0.2, -0.15) is 0 Å². The van der Waals surface area contributed by atoms with E-state index in [0.29, 0.717) is 5.95 Å². The van der Waals surface area contributed by atoms with Crippen molar-refractivity contribution in [2.45, 2.75) is 13.5 Å². The highest BCUT2D eigenvalue weighted by Crippen LogP contribution is 2.25. The summed E-state index contributed by atoms with van der Waals surface area (Å²) in [4.78, 5) is 23.4. The highest BCUT2D eigenvalue weighted by molar-refractivity contribution is 5.83. The second kappa shape index (κ2) is 8.17. The molecule has 5 rings (SSSR count). The lowest BCUT2D eigenvalue weighted by Crippen LogP contribution is -2.42. The predicted octanol–water partition coefficient (Wildman–Crippen LogP) is 2.87. The highest BCUT2D eigenvalue weighted by Gasteiger charge is 2.11. The normalized spacial score (nSPS) is 14.8. The van der Waals surface area contributed by atoms with Gasteiger partial charge in [-0.1, -0.05) is 6.07 Å². The first-order valence-corrected chi connectivity index (χ1v) is 10.2. The molecule has 8 nitrogen and oxygen atoms in total. The Morgan fingerprint density at radius 3 is 2.87 bits per heavy atom. The summed E-state index contributed by atoms with van der Waals surface area (Å²) in [6, 6.07) is 10.3. The van der Waals surface area contributed by atoms with Crippen LogP contribution in [0, 0.1) is 6.92 Å². The smallest absolute Gasteiger partial charge is 0.206 e. The molecular formula is C22H24N8. The van der Waals surface area contributed by atoms with Crippen LogP contribution >= 0.6 is 0 Å². The summed E-state index contributed by atoms with van der Waals surface area (Å²) in [5.41, 5.74) is 6.09. The van der Waals surface area contributed by atoms with E-state index in [0.717, 1.165) is 66.4 Å². The fraction of sp³-hybridized carbons (Fsp3) is 0.273. The summed E-state index contributed by atoms with van der Waals surface area (Å²) in [5, 5.41) is 6.70. The van der Waals surface area contributed by atoms with E-state index in [-0.39, 0.29) is 0 Å². The molecule has 0 spiro atoms. The van der Waals surface area contributed by atoms with Crippen LogP contribution in [0.15, 0.2) is 49.1 Å². The van der Waals surface area contributed by atoms with Crippen LogP contribution < -0.4 is 10.6 Å². The molecule has 0 atom stereocenters. The molecule has 0 aliphatic carbocycles. The first-order chi connectivity index (χ1) is 14.7. The summed E-state index contributed by atoms with van der Waals surface area (Å²) < 4.78 is 0. The molecule has 0 saturated carbocycles. The Morgan fingerprint density at radius 1 is 1.10 bits per heavy atom. The number of anilines is 2. The maximum absolute atomic E-state index is 4.65. The van der Waals surface area contributed by atoms with Crippen LogP contribution in [0.3, 0.4) is 0 Å². The number of nitrogens with zero attached hydrogens (tertiary/aromatic N) is 5. The molecule has 0 radical (unpaired) electrons. The van der Waals surface area contributed by atoms with Gasteiger partial charge in [-0.05, 0) is 42.3 Å². The van der Waals surface area contributed by atoms with Crippen LogP contribution in [0.5, 0.6) is 0 Å². The molecule has 3 aromatic heterocycles. The van der Waals surface area contributed by atoms with Crippen LogP contribution in [-0.4, -0.2) is 56.0 Å². The van der Waals surface area contributed by atoms with Crippen LogP contribution in [-0.2, 0) is 6.54 Å². The maximum atomic E-state index is 4.65. The molecule has 1 aliphatic rings. The average Bonchev–Trinajstić information content (AvgIpc) is 3.16. The lowest BCUT2D eigenvalue weighted by molar-refractivity contribution is 0.233. The minimum Gasteiger partial charge on any atom is -0.324 e. The van der Waals surface area contributed by atoms with Gasteiger partial charge in [0.15, 0.2) is 0 Å². The molecule has 3 N–H and O–H groups in total. The van der Waals surface area contributed by atoms with Gasteiger partial charge in [-0.15, -0.1) is 0 Å². The number of nitrogens with one attached hydrogen (secondary N) is 3. The zero-order valence-electron chi connectivity index (χ0n) is 16.9. The maximum Gasteiger partial charge on any atom is 0.206 e. The Morgan fingerprint density at radius 2 is 2.00 bits per heavy atom. The number of aryl methyl sites for hydroxylation is 1. The molecule has 152 valence electrons. The molecule has 0 unspecified atom stereocenters. The minimum absolute atomic E-state index is 0.674. The first-order valence-electron chi connectivity index (χ1n) is 10.2. The molecule has 1 fully saturated rings. The average molecular weight is 400 g/mol. The lowest BCUT2D eigenvalue weighted by Gasteiger charge is -2.27. The highest BCUT2D eigenvalue weighted by atomic mass is 15.2. The third kappa shape index (κ3) is 4.00. The zero-order valence-corrected chi connectivity index (χ0v) is 16.9. The van der Waals surface area contributed by atoms with Crippen molar-refractivity contribution in [2.24, 2.45) is 0 Å². The van der Waals surface area contributed by atoms with Crippen LogP contribution in [0.25, 0.3) is 22.3 Å². The number of H-pyrrole nitrogens is 1. The van der Waals surface area contributed by atoms with E-state index in [1.54, 1.807) is 6.33 Å². The van der Waals surface area contributed by atoms with E-state index in [2.05, 4.69) is 58.7 Å². The van der Waals surface area contributed by atoms with Crippen LogP contribution in [0.2, 0.25) is 0 Å². The van der Waals surface area contributed by atoms with E-state index in [1.165, 1.54) is 5.56 Å². The van der Waals surface area contributed by atoms with Gasteiger partial charge in [0.25, 0.3) is 0 Å². The van der Waals surface area contributed by atoms with E-state index < -0.39 is 0 Å². The molecule has 0 bridgehead atoms. The number of hydrogen-bond donors (Lipinski definition) is 3. The van der Waals surface area contributed by atoms with Gasteiger partial charge < -0.3 is 15.6 Å². The monoisotopic (exact) mass is 400 g/mol. The van der Waals surface area contributed by atoms with Gasteiger partial charge in [0, 0.05) is 50.7 Å². The Kier molecular flexibility index (Phi) is 5.08. The summed E-state index contributed by atoms with van der Waals surface area (Å²) in [5.74, 6) is 1.46. The van der Waals surface area contributed by atoms with Crippen molar-refractivity contribution in [3.63, 3.8) is 0 Å². The first kappa shape index (κ1) is 18.7. The number of aromatic nitrogens is 5. The van der Waals surface area contributed by atoms with Crippen LogP contribution in [0.1, 0.15) is 11.1 Å². The molecule has 4 heterocycles. The Labute approximate surface area is 174 Å². The third-order valence-electron chi connectivity index (χ3n) is 5.34. The number of hydrogen-bond acceptors (Lipinski definition) is 7. The Hall–Kier alpha value is -3.36. The summed E-state index contributed by atoms with van der Waals surface area (Å²) in [7, 11) is 0. The quantitative estimate of drug-likeness (QED) is 0.474. The van der Waals surface area contributed by atoms with Gasteiger partial charge >= 0.3 is 0 Å². The van der Waals surface area contributed by atoms with Gasteiger partial charge in [0.1, 0.15) is 12.1 Å². The van der Waals surface area contributed by atoms with Gasteiger partial charge in [0.2, 0.25) is 5.95 Å².